The van der Waals surface area contributed by atoms with Crippen LogP contribution in [0, 0.1) is 17.0 Å². The van der Waals surface area contributed by atoms with Crippen LogP contribution < -0.4 is 10.6 Å². The normalized spacial score (nSPS) is 13.5. The minimum Gasteiger partial charge on any atom is -0.347 e. The monoisotopic (exact) mass is 378 g/mol. The zero-order valence-electron chi connectivity index (χ0n) is 14.1. The van der Waals surface area contributed by atoms with E-state index in [4.69, 9.17) is 0 Å². The molecule has 26 heavy (non-hydrogen) atoms. The summed E-state index contributed by atoms with van der Waals surface area (Å²) in [4.78, 5) is 22.8. The van der Waals surface area contributed by atoms with Gasteiger partial charge in [0.05, 0.1) is 16.3 Å². The van der Waals surface area contributed by atoms with E-state index in [1.807, 2.05) is 0 Å². The number of aromatic nitrogens is 3. The number of carbonyl (C=O) groups excluding carboxylic acids is 1. The first kappa shape index (κ1) is 19.5. The van der Waals surface area contributed by atoms with Crippen LogP contribution in [0.4, 0.5) is 5.69 Å². The number of rotatable bonds is 5. The molecule has 9 nitrogen and oxygen atoms in total. The summed E-state index contributed by atoms with van der Waals surface area (Å²) in [6, 6.07) is 6.04. The van der Waals surface area contributed by atoms with E-state index in [0.717, 1.165) is 19.5 Å². The Hall–Kier alpha value is -2.78. The van der Waals surface area contributed by atoms with Gasteiger partial charge in [0.25, 0.3) is 11.6 Å². The molecular formula is C16H19ClN6O3. The Balaban J connectivity index is 0.00000243. The molecule has 1 amide bonds. The molecule has 2 aromatic rings. The lowest BCUT2D eigenvalue weighted by Crippen LogP contribution is -2.30. The maximum Gasteiger partial charge on any atom is 0.274 e. The number of nitro benzene ring substituents is 1. The molecule has 10 heteroatoms. The standard InChI is InChI=1S/C16H18N6O3.ClH/c1-11-15(16(23)18-10-12-5-7-17-8-6-12)19-20-21(11)13-3-2-4-14(9-13)22(24)25;/h2-5,9,17H,6-8,10H2,1H3,(H,18,23);1H. The first-order chi connectivity index (χ1) is 12.1. The Bertz CT molecular complexity index is 848. The SMILES string of the molecule is Cc1c(C(=O)NCC2=CCNCC2)nnn1-c1cccc([N+](=O)[O-])c1.Cl. The van der Waals surface area contributed by atoms with Gasteiger partial charge in [-0.3, -0.25) is 14.9 Å². The number of nitro groups is 1. The zero-order valence-corrected chi connectivity index (χ0v) is 15.0. The summed E-state index contributed by atoms with van der Waals surface area (Å²) >= 11 is 0. The summed E-state index contributed by atoms with van der Waals surface area (Å²) in [5, 5.41) is 24.9. The highest BCUT2D eigenvalue weighted by Gasteiger charge is 2.18. The number of hydrogen-bond donors (Lipinski definition) is 2. The first-order valence-electron chi connectivity index (χ1n) is 7.90. The lowest BCUT2D eigenvalue weighted by molar-refractivity contribution is -0.384. The van der Waals surface area contributed by atoms with Crippen molar-refractivity contribution in [2.45, 2.75) is 13.3 Å². The first-order valence-corrected chi connectivity index (χ1v) is 7.90. The summed E-state index contributed by atoms with van der Waals surface area (Å²) < 4.78 is 1.42. The quantitative estimate of drug-likeness (QED) is 0.463. The van der Waals surface area contributed by atoms with Crippen molar-refractivity contribution in [1.82, 2.24) is 25.6 Å². The molecule has 1 aromatic carbocycles. The molecule has 2 heterocycles. The number of carbonyl (C=O) groups is 1. The van der Waals surface area contributed by atoms with E-state index >= 15 is 0 Å². The van der Waals surface area contributed by atoms with Crippen molar-refractivity contribution in [3.63, 3.8) is 0 Å². The number of halogens is 1. The van der Waals surface area contributed by atoms with E-state index in [0.29, 0.717) is 17.9 Å². The lowest BCUT2D eigenvalue weighted by atomic mass is 10.1. The van der Waals surface area contributed by atoms with Crippen molar-refractivity contribution in [3.05, 3.63) is 57.4 Å². The summed E-state index contributed by atoms with van der Waals surface area (Å²) in [5.74, 6) is -0.311. The van der Waals surface area contributed by atoms with E-state index in [2.05, 4.69) is 27.0 Å². The maximum atomic E-state index is 12.3. The molecule has 0 bridgehead atoms. The van der Waals surface area contributed by atoms with Crippen LogP contribution in [-0.4, -0.2) is 45.5 Å². The zero-order chi connectivity index (χ0) is 17.8. The predicted molar refractivity (Wildman–Crippen MR) is 97.9 cm³/mol. The van der Waals surface area contributed by atoms with E-state index in [1.54, 1.807) is 19.1 Å². The highest BCUT2D eigenvalue weighted by Crippen LogP contribution is 2.18. The molecule has 0 saturated carbocycles. The fourth-order valence-electron chi connectivity index (χ4n) is 2.63. The summed E-state index contributed by atoms with van der Waals surface area (Å²) in [5.41, 5.74) is 2.35. The third-order valence-corrected chi connectivity index (χ3v) is 4.03. The van der Waals surface area contributed by atoms with Crippen LogP contribution in [0.3, 0.4) is 0 Å². The van der Waals surface area contributed by atoms with Crippen molar-refractivity contribution in [2.24, 2.45) is 0 Å². The molecule has 0 fully saturated rings. The van der Waals surface area contributed by atoms with Crippen molar-refractivity contribution >= 4 is 24.0 Å². The Kier molecular flexibility index (Phi) is 6.42. The molecule has 0 radical (unpaired) electrons. The number of benzene rings is 1. The van der Waals surface area contributed by atoms with Gasteiger partial charge in [-0.2, -0.15) is 0 Å². The molecule has 1 aliphatic heterocycles. The second-order valence-corrected chi connectivity index (χ2v) is 5.71. The van der Waals surface area contributed by atoms with Crippen LogP contribution in [0.5, 0.6) is 0 Å². The minimum absolute atomic E-state index is 0. The summed E-state index contributed by atoms with van der Waals surface area (Å²) in [6.45, 7) is 3.90. The van der Waals surface area contributed by atoms with E-state index in [-0.39, 0.29) is 29.7 Å². The van der Waals surface area contributed by atoms with E-state index in [1.165, 1.54) is 22.4 Å². The fraction of sp³-hybridized carbons (Fsp3) is 0.312. The van der Waals surface area contributed by atoms with Crippen LogP contribution >= 0.6 is 12.4 Å². The molecule has 1 aliphatic rings. The van der Waals surface area contributed by atoms with Crippen LogP contribution in [0.2, 0.25) is 0 Å². The van der Waals surface area contributed by atoms with Gasteiger partial charge in [-0.15, -0.1) is 17.5 Å². The molecule has 0 aliphatic carbocycles. The lowest BCUT2D eigenvalue weighted by Gasteiger charge is -2.14. The molecule has 138 valence electrons. The second kappa shape index (κ2) is 8.54. The van der Waals surface area contributed by atoms with Gasteiger partial charge in [0.1, 0.15) is 0 Å². The Morgan fingerprint density at radius 2 is 2.27 bits per heavy atom. The predicted octanol–water partition coefficient (Wildman–Crippen LogP) is 1.56. The number of nitrogens with one attached hydrogen (secondary N) is 2. The van der Waals surface area contributed by atoms with Crippen LogP contribution in [0.25, 0.3) is 5.69 Å². The van der Waals surface area contributed by atoms with Gasteiger partial charge in [0.2, 0.25) is 0 Å². The van der Waals surface area contributed by atoms with Crippen LogP contribution in [0.15, 0.2) is 35.9 Å². The minimum atomic E-state index is -0.476. The highest BCUT2D eigenvalue weighted by atomic mass is 35.5. The summed E-state index contributed by atoms with van der Waals surface area (Å²) in [6.07, 6.45) is 2.97. The molecule has 3 rings (SSSR count). The largest absolute Gasteiger partial charge is 0.347 e. The molecule has 0 saturated heterocycles. The number of hydrogen-bond acceptors (Lipinski definition) is 6. The van der Waals surface area contributed by atoms with E-state index in [9.17, 15) is 14.9 Å². The fourth-order valence-corrected chi connectivity index (χ4v) is 2.63. The van der Waals surface area contributed by atoms with Crippen molar-refractivity contribution < 1.29 is 9.72 Å². The summed E-state index contributed by atoms with van der Waals surface area (Å²) in [7, 11) is 0. The third-order valence-electron chi connectivity index (χ3n) is 4.03. The molecule has 0 atom stereocenters. The average molecular weight is 379 g/mol. The Morgan fingerprint density at radius 3 is 2.96 bits per heavy atom. The average Bonchev–Trinajstić information content (AvgIpc) is 3.02. The van der Waals surface area contributed by atoms with Gasteiger partial charge >= 0.3 is 0 Å². The molecule has 2 N–H and O–H groups in total. The van der Waals surface area contributed by atoms with Gasteiger partial charge in [-0.1, -0.05) is 22.9 Å². The van der Waals surface area contributed by atoms with Gasteiger partial charge < -0.3 is 10.6 Å². The van der Waals surface area contributed by atoms with Crippen molar-refractivity contribution in [1.29, 1.82) is 0 Å². The molecular weight excluding hydrogens is 360 g/mol. The number of non-ortho nitro benzene ring substituents is 1. The van der Waals surface area contributed by atoms with Crippen LogP contribution in [0.1, 0.15) is 22.6 Å². The Labute approximate surface area is 156 Å². The van der Waals surface area contributed by atoms with Gasteiger partial charge in [0.15, 0.2) is 5.69 Å². The van der Waals surface area contributed by atoms with Crippen molar-refractivity contribution in [3.8, 4) is 5.69 Å². The third kappa shape index (κ3) is 4.24. The topological polar surface area (TPSA) is 115 Å². The smallest absolute Gasteiger partial charge is 0.274 e. The molecule has 1 aromatic heterocycles. The highest BCUT2D eigenvalue weighted by molar-refractivity contribution is 5.93. The van der Waals surface area contributed by atoms with Gasteiger partial charge in [-0.05, 0) is 26.0 Å². The molecule has 0 unspecified atom stereocenters. The van der Waals surface area contributed by atoms with Gasteiger partial charge in [0, 0.05) is 25.2 Å². The second-order valence-electron chi connectivity index (χ2n) is 5.71. The van der Waals surface area contributed by atoms with E-state index < -0.39 is 4.92 Å². The molecule has 0 spiro atoms. The van der Waals surface area contributed by atoms with Crippen LogP contribution in [-0.2, 0) is 0 Å². The Morgan fingerprint density at radius 1 is 1.46 bits per heavy atom. The van der Waals surface area contributed by atoms with Crippen molar-refractivity contribution in [2.75, 3.05) is 19.6 Å². The maximum absolute atomic E-state index is 12.3. The number of nitrogens with zero attached hydrogens (tertiary/aromatic N) is 4. The number of amides is 1. The van der Waals surface area contributed by atoms with Gasteiger partial charge in [-0.25, -0.2) is 4.68 Å².